The summed E-state index contributed by atoms with van der Waals surface area (Å²) in [5.74, 6) is -2.45. The second-order valence-corrected chi connectivity index (χ2v) is 8.45. The van der Waals surface area contributed by atoms with Crippen molar-refractivity contribution < 1.29 is 23.1 Å². The maximum atomic E-state index is 14.7. The zero-order valence-corrected chi connectivity index (χ0v) is 19.3. The Morgan fingerprint density at radius 3 is 2.66 bits per heavy atom. The van der Waals surface area contributed by atoms with Crippen LogP contribution in [0, 0.1) is 11.3 Å². The summed E-state index contributed by atoms with van der Waals surface area (Å²) in [5.41, 5.74) is 0.940. The number of ether oxygens (including phenoxy) is 1. The van der Waals surface area contributed by atoms with Gasteiger partial charge in [-0.05, 0) is 53.7 Å². The molecule has 1 heterocycles. The van der Waals surface area contributed by atoms with E-state index in [0.29, 0.717) is 26.6 Å². The molecule has 0 bridgehead atoms. The third-order valence-electron chi connectivity index (χ3n) is 4.42. The molecule has 32 heavy (non-hydrogen) atoms. The topological polar surface area (TPSA) is 97.0 Å². The molecule has 0 saturated carbocycles. The van der Waals surface area contributed by atoms with Crippen LogP contribution in [-0.2, 0) is 14.3 Å². The van der Waals surface area contributed by atoms with Gasteiger partial charge in [-0.2, -0.15) is 14.0 Å². The number of imidazole rings is 1. The predicted octanol–water partition coefficient (Wildman–Crippen LogP) is 4.41. The number of esters is 1. The lowest BCUT2D eigenvalue weighted by Crippen LogP contribution is -2.46. The summed E-state index contributed by atoms with van der Waals surface area (Å²) < 4.78 is 36.0. The van der Waals surface area contributed by atoms with E-state index in [-0.39, 0.29) is 23.5 Å². The number of benzene rings is 2. The third-order valence-corrected chi connectivity index (χ3v) is 5.89. The zero-order valence-electron chi connectivity index (χ0n) is 16.9. The van der Waals surface area contributed by atoms with Crippen LogP contribution in [0.3, 0.4) is 0 Å². The number of fused-ring (bicyclic) bond motifs is 1. The highest BCUT2D eigenvalue weighted by atomic mass is 79.9. The fraction of sp³-hybridized carbons (Fsp3) is 0.238. The first kappa shape index (κ1) is 23.7. The molecule has 1 N–H and O–H groups in total. The van der Waals surface area contributed by atoms with Gasteiger partial charge in [0.25, 0.3) is 0 Å². The van der Waals surface area contributed by atoms with E-state index in [2.05, 4.69) is 27.0 Å². The van der Waals surface area contributed by atoms with Crippen LogP contribution < -0.4 is 5.32 Å². The van der Waals surface area contributed by atoms with E-state index < -0.39 is 23.2 Å². The molecule has 3 aromatic rings. The molecular formula is C21H17BrF2N4O3S. The summed E-state index contributed by atoms with van der Waals surface area (Å²) in [4.78, 5) is 27.8. The number of amides is 1. The van der Waals surface area contributed by atoms with Crippen molar-refractivity contribution in [3.8, 4) is 11.8 Å². The van der Waals surface area contributed by atoms with Gasteiger partial charge >= 0.3 is 17.1 Å². The molecule has 2 aromatic carbocycles. The van der Waals surface area contributed by atoms with E-state index in [1.54, 1.807) is 43.3 Å². The Labute approximate surface area is 194 Å². The molecule has 0 aliphatic rings. The van der Waals surface area contributed by atoms with Gasteiger partial charge in [-0.3, -0.25) is 9.36 Å². The zero-order chi connectivity index (χ0) is 23.5. The quantitative estimate of drug-likeness (QED) is 0.364. The molecule has 0 saturated heterocycles. The number of thioether (sulfide) groups is 1. The molecular weight excluding hydrogens is 506 g/mol. The van der Waals surface area contributed by atoms with E-state index in [9.17, 15) is 23.6 Å². The molecule has 0 fully saturated rings. The van der Waals surface area contributed by atoms with Crippen molar-refractivity contribution in [2.45, 2.75) is 30.3 Å². The number of nitrogens with zero attached hydrogens (tertiary/aromatic N) is 3. The normalized spacial score (nSPS) is 12.2. The largest absolute Gasteiger partial charge is 0.464 e. The number of rotatable bonds is 7. The maximum Gasteiger partial charge on any atom is 0.377 e. The van der Waals surface area contributed by atoms with Crippen molar-refractivity contribution in [1.82, 2.24) is 14.9 Å². The summed E-state index contributed by atoms with van der Waals surface area (Å²) >= 11 is 3.25. The standard InChI is InChI=1S/C21H17BrF2N4O3S/c1-3-31-18(29)12(2)27-19(30)21(23,24)32-20-26-11-17(22)28(20)16-9-8-13(10-25)14-6-4-5-7-15(14)16/h4-9,11-12H,3H2,1-2H3,(H,27,30)/t12-/m0/s1. The minimum Gasteiger partial charge on any atom is -0.464 e. The summed E-state index contributed by atoms with van der Waals surface area (Å²) in [5, 5.41) is 8.55. The van der Waals surface area contributed by atoms with Crippen LogP contribution in [0.2, 0.25) is 0 Å². The highest BCUT2D eigenvalue weighted by molar-refractivity contribution is 9.10. The van der Waals surface area contributed by atoms with Gasteiger partial charge in [0.1, 0.15) is 10.6 Å². The van der Waals surface area contributed by atoms with Gasteiger partial charge < -0.3 is 10.1 Å². The van der Waals surface area contributed by atoms with Gasteiger partial charge in [0.2, 0.25) is 0 Å². The molecule has 1 amide bonds. The van der Waals surface area contributed by atoms with Gasteiger partial charge in [0.05, 0.1) is 30.1 Å². The van der Waals surface area contributed by atoms with Crippen LogP contribution in [0.1, 0.15) is 19.4 Å². The second-order valence-electron chi connectivity index (χ2n) is 6.55. The molecule has 0 aliphatic carbocycles. The van der Waals surface area contributed by atoms with Crippen LogP contribution in [0.25, 0.3) is 16.5 Å². The first-order chi connectivity index (χ1) is 15.2. The van der Waals surface area contributed by atoms with Crippen molar-refractivity contribution in [2.75, 3.05) is 6.61 Å². The second kappa shape index (κ2) is 9.67. The number of carbonyl (C=O) groups excluding carboxylic acids is 2. The first-order valence-corrected chi connectivity index (χ1v) is 11.0. The number of nitriles is 1. The van der Waals surface area contributed by atoms with Crippen molar-refractivity contribution in [2.24, 2.45) is 0 Å². The Bertz CT molecular complexity index is 1230. The molecule has 1 aromatic heterocycles. The lowest BCUT2D eigenvalue weighted by molar-refractivity contribution is -0.149. The van der Waals surface area contributed by atoms with Gasteiger partial charge in [-0.1, -0.05) is 24.3 Å². The van der Waals surface area contributed by atoms with Crippen molar-refractivity contribution >= 4 is 50.3 Å². The number of hydrogen-bond acceptors (Lipinski definition) is 6. The van der Waals surface area contributed by atoms with E-state index in [0.717, 1.165) is 0 Å². The minimum absolute atomic E-state index is 0.0588. The summed E-state index contributed by atoms with van der Waals surface area (Å²) in [6, 6.07) is 11.1. The number of carbonyl (C=O) groups is 2. The Hall–Kier alpha value is -2.97. The summed E-state index contributed by atoms with van der Waals surface area (Å²) in [6.45, 7) is 2.90. The SMILES string of the molecule is CCOC(=O)[C@H](C)NC(=O)C(F)(F)Sc1ncc(Br)n1-c1ccc(C#N)c2ccccc12. The van der Waals surface area contributed by atoms with Crippen LogP contribution in [0.15, 0.2) is 52.4 Å². The number of nitrogens with one attached hydrogen (secondary N) is 1. The minimum atomic E-state index is -3.92. The first-order valence-electron chi connectivity index (χ1n) is 9.39. The van der Waals surface area contributed by atoms with Crippen LogP contribution in [0.4, 0.5) is 8.78 Å². The average molecular weight is 523 g/mol. The smallest absolute Gasteiger partial charge is 0.377 e. The molecule has 0 radical (unpaired) electrons. The van der Waals surface area contributed by atoms with E-state index >= 15 is 0 Å². The molecule has 7 nitrogen and oxygen atoms in total. The van der Waals surface area contributed by atoms with Gasteiger partial charge in [-0.25, -0.2) is 9.78 Å². The lowest BCUT2D eigenvalue weighted by Gasteiger charge is -2.19. The third kappa shape index (κ3) is 4.76. The van der Waals surface area contributed by atoms with Gasteiger partial charge in [-0.15, -0.1) is 0 Å². The van der Waals surface area contributed by atoms with E-state index in [1.807, 2.05) is 5.32 Å². The van der Waals surface area contributed by atoms with Crippen molar-refractivity contribution in [3.63, 3.8) is 0 Å². The number of alkyl halides is 2. The predicted molar refractivity (Wildman–Crippen MR) is 119 cm³/mol. The fourth-order valence-electron chi connectivity index (χ4n) is 2.95. The molecule has 11 heteroatoms. The Kier molecular flexibility index (Phi) is 7.16. The van der Waals surface area contributed by atoms with Crippen LogP contribution in [-0.4, -0.2) is 39.3 Å². The monoisotopic (exact) mass is 522 g/mol. The number of aromatic nitrogens is 2. The van der Waals surface area contributed by atoms with E-state index in [1.165, 1.54) is 17.7 Å². The Morgan fingerprint density at radius 2 is 2.00 bits per heavy atom. The summed E-state index contributed by atoms with van der Waals surface area (Å²) in [6.07, 6.45) is 1.34. The summed E-state index contributed by atoms with van der Waals surface area (Å²) in [7, 11) is 0. The Morgan fingerprint density at radius 1 is 1.31 bits per heavy atom. The number of hydrogen-bond donors (Lipinski definition) is 1. The molecule has 3 rings (SSSR count). The molecule has 166 valence electrons. The fourth-order valence-corrected chi connectivity index (χ4v) is 4.30. The number of halogens is 3. The highest BCUT2D eigenvalue weighted by Crippen LogP contribution is 2.39. The van der Waals surface area contributed by atoms with Gasteiger partial charge in [0.15, 0.2) is 5.16 Å². The molecule has 0 spiro atoms. The van der Waals surface area contributed by atoms with Crippen LogP contribution in [0.5, 0.6) is 0 Å². The van der Waals surface area contributed by atoms with E-state index in [4.69, 9.17) is 4.74 Å². The van der Waals surface area contributed by atoms with Crippen LogP contribution >= 0.6 is 27.7 Å². The molecule has 0 unspecified atom stereocenters. The maximum absolute atomic E-state index is 14.7. The van der Waals surface area contributed by atoms with Gasteiger partial charge in [0, 0.05) is 10.8 Å². The lowest BCUT2D eigenvalue weighted by atomic mass is 10.0. The highest BCUT2D eigenvalue weighted by Gasteiger charge is 2.43. The van der Waals surface area contributed by atoms with Crippen molar-refractivity contribution in [1.29, 1.82) is 5.26 Å². The molecule has 1 atom stereocenters. The average Bonchev–Trinajstić information content (AvgIpc) is 3.12. The Balaban J connectivity index is 1.95. The van der Waals surface area contributed by atoms with Crippen molar-refractivity contribution in [3.05, 3.63) is 52.8 Å². The molecule has 0 aliphatic heterocycles.